The second-order valence-electron chi connectivity index (χ2n) is 11.3. The van der Waals surface area contributed by atoms with Gasteiger partial charge in [0.1, 0.15) is 11.6 Å². The van der Waals surface area contributed by atoms with Gasteiger partial charge in [0, 0.05) is 6.54 Å². The van der Waals surface area contributed by atoms with Gasteiger partial charge in [0.2, 0.25) is 17.7 Å². The van der Waals surface area contributed by atoms with Crippen LogP contribution in [0.4, 0.5) is 5.69 Å². The first-order chi connectivity index (χ1) is 18.6. The summed E-state index contributed by atoms with van der Waals surface area (Å²) in [7, 11) is 0. The molecule has 3 saturated heterocycles. The Morgan fingerprint density at radius 2 is 1.90 bits per heavy atom. The SMILES string of the molecule is CC[C@@H](CO)N1C(=O)[C@@H]2[C@H](C(=O)NCc3ccccc3)[C@@]3(C)OC2(CC3C)C1C(=O)Nc1c(C)cccc1Cl. The molecule has 7 atom stereocenters. The molecule has 0 radical (unpaired) electrons. The highest BCUT2D eigenvalue weighted by Crippen LogP contribution is 2.65. The van der Waals surface area contributed by atoms with Crippen LogP contribution < -0.4 is 10.6 Å². The van der Waals surface area contributed by atoms with E-state index in [1.807, 2.05) is 64.1 Å². The number of hydrogen-bond donors (Lipinski definition) is 3. The van der Waals surface area contributed by atoms with Gasteiger partial charge < -0.3 is 25.4 Å². The van der Waals surface area contributed by atoms with Crippen LogP contribution in [0.1, 0.15) is 44.7 Å². The molecule has 9 heteroatoms. The molecule has 1 spiro atoms. The number of anilines is 1. The first-order valence-electron chi connectivity index (χ1n) is 13.6. The molecule has 2 aromatic carbocycles. The van der Waals surface area contributed by atoms with Crippen LogP contribution in [0.5, 0.6) is 0 Å². The second kappa shape index (κ2) is 10.2. The molecule has 3 unspecified atom stereocenters. The van der Waals surface area contributed by atoms with Crippen molar-refractivity contribution in [3.63, 3.8) is 0 Å². The quantitative estimate of drug-likeness (QED) is 0.462. The number of ether oxygens (including phenoxy) is 1. The number of carbonyl (C=O) groups is 3. The van der Waals surface area contributed by atoms with Gasteiger partial charge in [-0.05, 0) is 49.8 Å². The number of amides is 3. The smallest absolute Gasteiger partial charge is 0.250 e. The monoisotopic (exact) mass is 553 g/mol. The number of rotatable bonds is 8. The summed E-state index contributed by atoms with van der Waals surface area (Å²) >= 11 is 6.43. The van der Waals surface area contributed by atoms with E-state index in [0.717, 1.165) is 11.1 Å². The number of aliphatic hydroxyl groups excluding tert-OH is 1. The highest BCUT2D eigenvalue weighted by Gasteiger charge is 2.80. The van der Waals surface area contributed by atoms with Crippen molar-refractivity contribution < 1.29 is 24.2 Å². The molecular weight excluding hydrogens is 518 g/mol. The van der Waals surface area contributed by atoms with Gasteiger partial charge in [-0.2, -0.15) is 0 Å². The van der Waals surface area contributed by atoms with Crippen molar-refractivity contribution in [1.82, 2.24) is 10.2 Å². The van der Waals surface area contributed by atoms with Gasteiger partial charge in [0.25, 0.3) is 0 Å². The highest BCUT2D eigenvalue weighted by atomic mass is 35.5. The molecule has 8 nitrogen and oxygen atoms in total. The number of nitrogens with zero attached hydrogens (tertiary/aromatic N) is 1. The van der Waals surface area contributed by atoms with Gasteiger partial charge >= 0.3 is 0 Å². The van der Waals surface area contributed by atoms with Crippen LogP contribution in [0, 0.1) is 24.7 Å². The Labute approximate surface area is 234 Å². The van der Waals surface area contributed by atoms with E-state index < -0.39 is 41.0 Å². The van der Waals surface area contributed by atoms with Gasteiger partial charge in [-0.15, -0.1) is 0 Å². The van der Waals surface area contributed by atoms with Crippen molar-refractivity contribution in [3.05, 3.63) is 64.7 Å². The van der Waals surface area contributed by atoms with E-state index in [4.69, 9.17) is 16.3 Å². The molecule has 3 heterocycles. The number of para-hydroxylation sites is 1. The molecule has 208 valence electrons. The fourth-order valence-corrected chi connectivity index (χ4v) is 7.33. The Kier molecular flexibility index (Phi) is 7.24. The number of benzene rings is 2. The maximum Gasteiger partial charge on any atom is 0.250 e. The van der Waals surface area contributed by atoms with Gasteiger partial charge in [0.05, 0.1) is 40.8 Å². The van der Waals surface area contributed by atoms with Crippen molar-refractivity contribution in [3.8, 4) is 0 Å². The first kappa shape index (κ1) is 27.6. The number of carbonyl (C=O) groups excluding carboxylic acids is 3. The zero-order chi connectivity index (χ0) is 28.1. The van der Waals surface area contributed by atoms with Gasteiger partial charge in [0.15, 0.2) is 0 Å². The molecule has 3 N–H and O–H groups in total. The third-order valence-corrected chi connectivity index (χ3v) is 9.45. The van der Waals surface area contributed by atoms with Crippen molar-refractivity contribution >= 4 is 35.0 Å². The Bertz CT molecular complexity index is 1260. The lowest BCUT2D eigenvalue weighted by Crippen LogP contribution is -2.56. The van der Waals surface area contributed by atoms with Crippen LogP contribution in [0.15, 0.2) is 48.5 Å². The van der Waals surface area contributed by atoms with Crippen LogP contribution in [0.3, 0.4) is 0 Å². The zero-order valence-electron chi connectivity index (χ0n) is 22.7. The molecule has 0 aliphatic carbocycles. The molecule has 2 aromatic rings. The fourth-order valence-electron chi connectivity index (χ4n) is 7.06. The Morgan fingerprint density at radius 1 is 1.18 bits per heavy atom. The molecule has 3 amide bonds. The van der Waals surface area contributed by atoms with E-state index in [1.165, 1.54) is 4.90 Å². The molecule has 2 bridgehead atoms. The minimum Gasteiger partial charge on any atom is -0.394 e. The van der Waals surface area contributed by atoms with E-state index in [1.54, 1.807) is 12.1 Å². The average molecular weight is 554 g/mol. The fraction of sp³-hybridized carbons (Fsp3) is 0.500. The largest absolute Gasteiger partial charge is 0.394 e. The highest BCUT2D eigenvalue weighted by molar-refractivity contribution is 6.34. The number of hydrogen-bond acceptors (Lipinski definition) is 5. The maximum absolute atomic E-state index is 14.2. The summed E-state index contributed by atoms with van der Waals surface area (Å²) < 4.78 is 6.74. The number of aliphatic hydroxyl groups is 1. The van der Waals surface area contributed by atoms with E-state index in [9.17, 15) is 19.5 Å². The summed E-state index contributed by atoms with van der Waals surface area (Å²) in [6.07, 6.45) is 0.887. The van der Waals surface area contributed by atoms with Crippen LogP contribution in [-0.4, -0.2) is 57.6 Å². The molecule has 3 aliphatic heterocycles. The van der Waals surface area contributed by atoms with Crippen LogP contribution in [0.2, 0.25) is 5.02 Å². The van der Waals surface area contributed by atoms with Crippen molar-refractivity contribution in [2.45, 2.75) is 70.4 Å². The standard InChI is InChI=1S/C30H36ClN3O5/c1-5-20(16-35)34-25(27(37)33-24-17(2)10-9-13-21(24)31)30-14-18(3)29(4,39-30)22(23(30)28(34)38)26(36)32-15-19-11-7-6-8-12-19/h6-13,18,20,22-23,25,35H,5,14-16H2,1-4H3,(H,32,36)(H,33,37)/t18?,20-,22+,23-,25?,29-,30?/m0/s1. The number of fused-ring (bicyclic) bond motifs is 1. The van der Waals surface area contributed by atoms with E-state index in [0.29, 0.717) is 30.1 Å². The first-order valence-corrected chi connectivity index (χ1v) is 14.0. The predicted octanol–water partition coefficient (Wildman–Crippen LogP) is 3.68. The minimum absolute atomic E-state index is 0.0828. The summed E-state index contributed by atoms with van der Waals surface area (Å²) in [5, 5.41) is 16.6. The second-order valence-corrected chi connectivity index (χ2v) is 11.7. The zero-order valence-corrected chi connectivity index (χ0v) is 23.5. The summed E-state index contributed by atoms with van der Waals surface area (Å²) in [6, 6.07) is 13.3. The normalized spacial score (nSPS) is 31.7. The summed E-state index contributed by atoms with van der Waals surface area (Å²) in [5.41, 5.74) is 0.0675. The van der Waals surface area contributed by atoms with Crippen LogP contribution in [0.25, 0.3) is 0 Å². The minimum atomic E-state index is -1.21. The Morgan fingerprint density at radius 3 is 2.54 bits per heavy atom. The third-order valence-electron chi connectivity index (χ3n) is 9.14. The Balaban J connectivity index is 1.54. The summed E-state index contributed by atoms with van der Waals surface area (Å²) in [4.78, 5) is 43.6. The van der Waals surface area contributed by atoms with Crippen LogP contribution in [-0.2, 0) is 25.7 Å². The van der Waals surface area contributed by atoms with Gasteiger partial charge in [-0.25, -0.2) is 0 Å². The molecule has 0 saturated carbocycles. The molecule has 3 aliphatic rings. The lowest BCUT2D eigenvalue weighted by Gasteiger charge is -2.36. The number of halogens is 1. The maximum atomic E-state index is 14.2. The molecule has 39 heavy (non-hydrogen) atoms. The number of nitrogens with one attached hydrogen (secondary N) is 2. The number of likely N-dealkylation sites (tertiary alicyclic amines) is 1. The summed E-state index contributed by atoms with van der Waals surface area (Å²) in [5.74, 6) is -2.75. The van der Waals surface area contributed by atoms with Crippen LogP contribution >= 0.6 is 11.6 Å². The van der Waals surface area contributed by atoms with Gasteiger partial charge in [-0.3, -0.25) is 14.4 Å². The van der Waals surface area contributed by atoms with Crippen molar-refractivity contribution in [2.75, 3.05) is 11.9 Å². The van der Waals surface area contributed by atoms with Crippen molar-refractivity contribution in [1.29, 1.82) is 0 Å². The predicted molar refractivity (Wildman–Crippen MR) is 148 cm³/mol. The third kappa shape index (κ3) is 4.24. The molecular formula is C30H36ClN3O5. The number of aryl methyl sites for hydroxylation is 1. The van der Waals surface area contributed by atoms with E-state index >= 15 is 0 Å². The van der Waals surface area contributed by atoms with E-state index in [2.05, 4.69) is 10.6 Å². The Hall–Kier alpha value is -2.94. The lowest BCUT2D eigenvalue weighted by atomic mass is 9.62. The van der Waals surface area contributed by atoms with Gasteiger partial charge in [-0.1, -0.05) is 67.9 Å². The molecule has 3 fully saturated rings. The van der Waals surface area contributed by atoms with Crippen molar-refractivity contribution in [2.24, 2.45) is 17.8 Å². The lowest BCUT2D eigenvalue weighted by molar-refractivity contribution is -0.149. The average Bonchev–Trinajstić information content (AvgIpc) is 3.43. The summed E-state index contributed by atoms with van der Waals surface area (Å²) in [6.45, 7) is 7.60. The molecule has 5 rings (SSSR count). The molecule has 0 aromatic heterocycles. The topological polar surface area (TPSA) is 108 Å². The van der Waals surface area contributed by atoms with E-state index in [-0.39, 0.29) is 24.3 Å².